The fraction of sp³-hybridized carbons (Fsp3) is 0.219. The quantitative estimate of drug-likeness (QED) is 0.191. The Kier molecular flexibility index (Phi) is 10.2. The third-order valence-electron chi connectivity index (χ3n) is 7.58. The summed E-state index contributed by atoms with van der Waals surface area (Å²) in [5.41, 5.74) is 3.68. The van der Waals surface area contributed by atoms with Crippen LogP contribution < -0.4 is 10.0 Å². The normalized spacial score (nSPS) is 14.0. The van der Waals surface area contributed by atoms with Gasteiger partial charge in [-0.1, -0.05) is 12.1 Å². The monoisotopic (exact) mass is 649 g/mol. The van der Waals surface area contributed by atoms with Gasteiger partial charge in [0.1, 0.15) is 23.8 Å². The number of benzene rings is 3. The number of carboxylic acid groups (broad SMARTS) is 1. The zero-order valence-electron chi connectivity index (χ0n) is 25.0. The molecule has 0 spiro atoms. The number of hydrogen-bond acceptors (Lipinski definition) is 8. The number of halogens is 2. The smallest absolute Gasteiger partial charge is 0.290 e. The lowest BCUT2D eigenvalue weighted by atomic mass is 10.1. The molecule has 46 heavy (non-hydrogen) atoms. The molecular formula is C32H33F2N7O4S. The average Bonchev–Trinajstić information content (AvgIpc) is 3.44. The summed E-state index contributed by atoms with van der Waals surface area (Å²) in [7, 11) is -2.29. The molecule has 14 heteroatoms. The summed E-state index contributed by atoms with van der Waals surface area (Å²) in [6, 6.07) is 19.4. The first-order valence-corrected chi connectivity index (χ1v) is 15.9. The Bertz CT molecular complexity index is 1890. The summed E-state index contributed by atoms with van der Waals surface area (Å²) >= 11 is 0. The minimum Gasteiger partial charge on any atom is -0.483 e. The molecule has 0 atom stereocenters. The third kappa shape index (κ3) is 7.83. The molecule has 240 valence electrons. The highest BCUT2D eigenvalue weighted by Gasteiger charge is 2.24. The van der Waals surface area contributed by atoms with E-state index in [1.54, 1.807) is 12.1 Å². The van der Waals surface area contributed by atoms with Gasteiger partial charge in [0.15, 0.2) is 4.90 Å². The van der Waals surface area contributed by atoms with Crippen molar-refractivity contribution in [3.05, 3.63) is 97.0 Å². The van der Waals surface area contributed by atoms with E-state index in [1.807, 2.05) is 6.07 Å². The van der Waals surface area contributed by atoms with Gasteiger partial charge in [0.2, 0.25) is 0 Å². The summed E-state index contributed by atoms with van der Waals surface area (Å²) in [5, 5.41) is 11.2. The largest absolute Gasteiger partial charge is 0.483 e. The van der Waals surface area contributed by atoms with Gasteiger partial charge < -0.3 is 19.9 Å². The summed E-state index contributed by atoms with van der Waals surface area (Å²) in [6.45, 7) is 6.13. The molecule has 3 heterocycles. The van der Waals surface area contributed by atoms with Crippen molar-refractivity contribution in [2.45, 2.75) is 11.4 Å². The van der Waals surface area contributed by atoms with Gasteiger partial charge >= 0.3 is 0 Å². The van der Waals surface area contributed by atoms with E-state index >= 15 is 0 Å². The topological polar surface area (TPSA) is 133 Å². The molecule has 6 rings (SSSR count). The number of fused-ring (bicyclic) bond motifs is 1. The van der Waals surface area contributed by atoms with Crippen LogP contribution in [0.3, 0.4) is 0 Å². The molecule has 0 saturated carbocycles. The van der Waals surface area contributed by atoms with Crippen LogP contribution in [0.5, 0.6) is 0 Å². The highest BCUT2D eigenvalue weighted by atomic mass is 32.2. The Hall–Kier alpha value is -4.92. The number of rotatable bonds is 9. The highest BCUT2D eigenvalue weighted by molar-refractivity contribution is 7.92. The van der Waals surface area contributed by atoms with Crippen LogP contribution >= 0.6 is 0 Å². The highest BCUT2D eigenvalue weighted by Crippen LogP contribution is 2.27. The molecule has 0 bridgehead atoms. The van der Waals surface area contributed by atoms with E-state index < -0.39 is 26.6 Å². The Balaban J connectivity index is 0.00000134. The van der Waals surface area contributed by atoms with Crippen LogP contribution in [-0.2, 0) is 21.4 Å². The maximum atomic E-state index is 14.0. The second kappa shape index (κ2) is 14.5. The van der Waals surface area contributed by atoms with Gasteiger partial charge in [0.05, 0.1) is 5.69 Å². The number of nitrogens with zero attached hydrogens (tertiary/aromatic N) is 5. The number of likely N-dealkylation sites (N-methyl/N-ethyl adjacent to an activating group) is 1. The molecule has 0 amide bonds. The predicted octanol–water partition coefficient (Wildman–Crippen LogP) is 4.87. The Morgan fingerprint density at radius 3 is 2.26 bits per heavy atom. The van der Waals surface area contributed by atoms with Crippen LogP contribution in [0.15, 0.2) is 90.2 Å². The van der Waals surface area contributed by atoms with E-state index in [4.69, 9.17) is 9.90 Å². The number of sulfonamides is 1. The van der Waals surface area contributed by atoms with Crippen LogP contribution in [0.4, 0.5) is 26.0 Å². The van der Waals surface area contributed by atoms with Crippen molar-refractivity contribution in [2.75, 3.05) is 49.8 Å². The first kappa shape index (κ1) is 32.5. The molecular weight excluding hydrogens is 616 g/mol. The first-order chi connectivity index (χ1) is 22.2. The van der Waals surface area contributed by atoms with Crippen LogP contribution in [-0.4, -0.2) is 84.1 Å². The number of anilines is 3. The average molecular weight is 650 g/mol. The molecule has 3 N–H and O–H groups in total. The number of nitrogens with one attached hydrogen (secondary N) is 2. The second-order valence-electron chi connectivity index (χ2n) is 10.7. The van der Waals surface area contributed by atoms with E-state index in [0.717, 1.165) is 74.1 Å². The fourth-order valence-electron chi connectivity index (χ4n) is 5.17. The number of carbonyl (C=O) groups is 1. The lowest BCUT2D eigenvalue weighted by molar-refractivity contribution is -0.122. The third-order valence-corrected chi connectivity index (χ3v) is 9.02. The molecule has 11 nitrogen and oxygen atoms in total. The van der Waals surface area contributed by atoms with Gasteiger partial charge in [-0.2, -0.15) is 0 Å². The Morgan fingerprint density at radius 1 is 0.891 bits per heavy atom. The second-order valence-corrected chi connectivity index (χ2v) is 12.3. The van der Waals surface area contributed by atoms with Gasteiger partial charge in [0, 0.05) is 79.4 Å². The molecule has 1 aliphatic heterocycles. The molecule has 3 aromatic carbocycles. The minimum absolute atomic E-state index is 0.153. The summed E-state index contributed by atoms with van der Waals surface area (Å²) in [6.07, 6.45) is 3.61. The van der Waals surface area contributed by atoms with E-state index in [2.05, 4.69) is 71.9 Å². The van der Waals surface area contributed by atoms with Crippen molar-refractivity contribution in [2.24, 2.45) is 0 Å². The van der Waals surface area contributed by atoms with Gasteiger partial charge in [-0.25, -0.2) is 27.2 Å². The van der Waals surface area contributed by atoms with E-state index in [1.165, 1.54) is 24.0 Å². The zero-order valence-corrected chi connectivity index (χ0v) is 25.8. The van der Waals surface area contributed by atoms with Crippen molar-refractivity contribution in [1.82, 2.24) is 24.3 Å². The Morgan fingerprint density at radius 2 is 1.57 bits per heavy atom. The lowest BCUT2D eigenvalue weighted by Gasteiger charge is -2.32. The maximum Gasteiger partial charge on any atom is 0.290 e. The summed E-state index contributed by atoms with van der Waals surface area (Å²) in [4.78, 5) is 21.0. The van der Waals surface area contributed by atoms with E-state index in [9.17, 15) is 17.2 Å². The summed E-state index contributed by atoms with van der Waals surface area (Å²) < 4.78 is 57.6. The minimum atomic E-state index is -4.45. The first-order valence-electron chi connectivity index (χ1n) is 14.4. The predicted molar refractivity (Wildman–Crippen MR) is 172 cm³/mol. The Labute approximate surface area is 265 Å². The molecule has 1 saturated heterocycles. The zero-order chi connectivity index (χ0) is 32.7. The van der Waals surface area contributed by atoms with Gasteiger partial charge in [-0.05, 0) is 61.6 Å². The van der Waals surface area contributed by atoms with Gasteiger partial charge in [-0.15, -0.1) is 0 Å². The maximum absolute atomic E-state index is 14.0. The van der Waals surface area contributed by atoms with Crippen molar-refractivity contribution < 1.29 is 27.1 Å². The molecule has 5 aromatic rings. The SMILES string of the molecule is CN1CCN(CCn2ccc3cc(-c4cc(Nc5ccc(NS(=O)(=O)c6c(F)cccc6F)cc5)ncn4)ccc32)CC1.O=CO. The summed E-state index contributed by atoms with van der Waals surface area (Å²) in [5.74, 6) is -1.77. The molecule has 0 unspecified atom stereocenters. The molecule has 1 aliphatic rings. The number of aromatic nitrogens is 3. The molecule has 0 radical (unpaired) electrons. The van der Waals surface area contributed by atoms with E-state index in [0.29, 0.717) is 11.5 Å². The van der Waals surface area contributed by atoms with Crippen LogP contribution in [0.25, 0.3) is 22.2 Å². The van der Waals surface area contributed by atoms with Crippen LogP contribution in [0, 0.1) is 11.6 Å². The molecule has 0 aliphatic carbocycles. The van der Waals surface area contributed by atoms with Crippen molar-refractivity contribution in [3.8, 4) is 11.3 Å². The number of hydrogen-bond donors (Lipinski definition) is 3. The molecule has 2 aromatic heterocycles. The van der Waals surface area contributed by atoms with Crippen molar-refractivity contribution in [3.63, 3.8) is 0 Å². The lowest BCUT2D eigenvalue weighted by Crippen LogP contribution is -2.45. The standard InChI is InChI=1S/C31H31F2N7O2S.CH2O2/c1-38-13-15-39(16-14-38)17-18-40-12-11-23-19-22(5-10-29(23)40)28-20-30(35-21-34-28)36-24-6-8-25(9-7-24)37-43(41,42)31-26(32)3-2-4-27(31)33;2-1-3/h2-12,19-21,37H,13-18H2,1H3,(H,34,35,36);1H,(H,2,3). The van der Waals surface area contributed by atoms with Crippen molar-refractivity contribution in [1.29, 1.82) is 0 Å². The van der Waals surface area contributed by atoms with Gasteiger partial charge in [0.25, 0.3) is 16.5 Å². The molecule has 1 fully saturated rings. The van der Waals surface area contributed by atoms with Crippen LogP contribution in [0.2, 0.25) is 0 Å². The fourth-order valence-corrected chi connectivity index (χ4v) is 6.37. The van der Waals surface area contributed by atoms with Crippen molar-refractivity contribution >= 4 is 44.6 Å². The van der Waals surface area contributed by atoms with Crippen LogP contribution in [0.1, 0.15) is 0 Å². The number of piperazine rings is 1. The van der Waals surface area contributed by atoms with Gasteiger partial charge in [-0.3, -0.25) is 14.4 Å². The van der Waals surface area contributed by atoms with E-state index in [-0.39, 0.29) is 12.2 Å².